The number of amides is 1. The SMILES string of the molecule is Nc1cncc(-c2ccc3cnc(NC(=O)c4ccc(F)cc4)cc3c2)c1. The second-order valence-corrected chi connectivity index (χ2v) is 6.10. The smallest absolute Gasteiger partial charge is 0.256 e. The van der Waals surface area contributed by atoms with Gasteiger partial charge in [0.05, 0.1) is 5.69 Å². The van der Waals surface area contributed by atoms with Crippen molar-refractivity contribution in [3.05, 3.63) is 84.6 Å². The molecule has 6 heteroatoms. The van der Waals surface area contributed by atoms with Crippen molar-refractivity contribution in [2.24, 2.45) is 0 Å². The number of rotatable bonds is 3. The number of carbonyl (C=O) groups excluding carboxylic acids is 1. The van der Waals surface area contributed by atoms with Gasteiger partial charge in [0.15, 0.2) is 0 Å². The van der Waals surface area contributed by atoms with E-state index in [1.807, 2.05) is 24.3 Å². The number of benzene rings is 2. The van der Waals surface area contributed by atoms with E-state index in [2.05, 4.69) is 15.3 Å². The molecular formula is C21H15FN4O. The zero-order valence-electron chi connectivity index (χ0n) is 14.2. The van der Waals surface area contributed by atoms with Crippen molar-refractivity contribution in [3.8, 4) is 11.1 Å². The van der Waals surface area contributed by atoms with E-state index in [9.17, 15) is 9.18 Å². The topological polar surface area (TPSA) is 80.9 Å². The van der Waals surface area contributed by atoms with Crippen molar-refractivity contribution in [1.29, 1.82) is 0 Å². The van der Waals surface area contributed by atoms with E-state index >= 15 is 0 Å². The molecule has 0 fully saturated rings. The van der Waals surface area contributed by atoms with Crippen LogP contribution in [-0.4, -0.2) is 15.9 Å². The third-order valence-electron chi connectivity index (χ3n) is 4.16. The van der Waals surface area contributed by atoms with Crippen LogP contribution >= 0.6 is 0 Å². The van der Waals surface area contributed by atoms with Gasteiger partial charge in [0.2, 0.25) is 0 Å². The second-order valence-electron chi connectivity index (χ2n) is 6.10. The molecule has 0 aliphatic carbocycles. The highest BCUT2D eigenvalue weighted by Gasteiger charge is 2.08. The molecule has 0 saturated heterocycles. The first-order valence-corrected chi connectivity index (χ1v) is 8.26. The number of hydrogen-bond acceptors (Lipinski definition) is 4. The van der Waals surface area contributed by atoms with Crippen molar-refractivity contribution < 1.29 is 9.18 Å². The van der Waals surface area contributed by atoms with E-state index in [0.29, 0.717) is 17.1 Å². The van der Waals surface area contributed by atoms with Gasteiger partial charge in [-0.25, -0.2) is 9.37 Å². The van der Waals surface area contributed by atoms with Crippen LogP contribution in [0.2, 0.25) is 0 Å². The van der Waals surface area contributed by atoms with Crippen LogP contribution in [0.1, 0.15) is 10.4 Å². The number of anilines is 2. The summed E-state index contributed by atoms with van der Waals surface area (Å²) in [5.41, 5.74) is 8.63. The molecule has 0 radical (unpaired) electrons. The van der Waals surface area contributed by atoms with E-state index in [4.69, 9.17) is 5.73 Å². The van der Waals surface area contributed by atoms with Gasteiger partial charge in [0.1, 0.15) is 11.6 Å². The molecule has 0 atom stereocenters. The number of nitrogens with two attached hydrogens (primary N) is 1. The Morgan fingerprint density at radius 2 is 1.70 bits per heavy atom. The molecule has 3 N–H and O–H groups in total. The predicted molar refractivity (Wildman–Crippen MR) is 104 cm³/mol. The number of nitrogens with one attached hydrogen (secondary N) is 1. The molecule has 5 nitrogen and oxygen atoms in total. The molecular weight excluding hydrogens is 343 g/mol. The molecule has 0 unspecified atom stereocenters. The van der Waals surface area contributed by atoms with Gasteiger partial charge in [-0.05, 0) is 53.4 Å². The third-order valence-corrected chi connectivity index (χ3v) is 4.16. The molecule has 2 aromatic carbocycles. The molecule has 27 heavy (non-hydrogen) atoms. The first-order chi connectivity index (χ1) is 13.1. The van der Waals surface area contributed by atoms with Crippen LogP contribution in [0.3, 0.4) is 0 Å². The van der Waals surface area contributed by atoms with Crippen molar-refractivity contribution >= 4 is 28.2 Å². The first-order valence-electron chi connectivity index (χ1n) is 8.26. The number of nitrogen functional groups attached to an aromatic ring is 1. The summed E-state index contributed by atoms with van der Waals surface area (Å²) in [6.45, 7) is 0. The van der Waals surface area contributed by atoms with Crippen molar-refractivity contribution in [3.63, 3.8) is 0 Å². The van der Waals surface area contributed by atoms with Gasteiger partial charge in [-0.2, -0.15) is 0 Å². The number of nitrogens with zero attached hydrogens (tertiary/aromatic N) is 2. The number of halogens is 1. The maximum atomic E-state index is 13.0. The molecule has 0 aliphatic rings. The standard InChI is InChI=1S/C21H15FN4O/c22-18-5-3-13(4-6-18)21(27)26-20-9-16-7-14(1-2-15(16)11-25-20)17-8-19(23)12-24-10-17/h1-12H,23H2,(H,25,26,27). The van der Waals surface area contributed by atoms with Gasteiger partial charge in [0, 0.05) is 35.1 Å². The minimum absolute atomic E-state index is 0.349. The van der Waals surface area contributed by atoms with E-state index < -0.39 is 0 Å². The summed E-state index contributed by atoms with van der Waals surface area (Å²) in [6.07, 6.45) is 5.03. The Balaban J connectivity index is 1.64. The highest BCUT2D eigenvalue weighted by atomic mass is 19.1. The predicted octanol–water partition coefficient (Wildman–Crippen LogP) is 4.27. The van der Waals surface area contributed by atoms with Gasteiger partial charge in [-0.1, -0.05) is 12.1 Å². The summed E-state index contributed by atoms with van der Waals surface area (Å²) >= 11 is 0. The average Bonchev–Trinajstić information content (AvgIpc) is 2.68. The van der Waals surface area contributed by atoms with Crippen LogP contribution in [0.4, 0.5) is 15.9 Å². The zero-order chi connectivity index (χ0) is 18.8. The Morgan fingerprint density at radius 1 is 0.889 bits per heavy atom. The maximum absolute atomic E-state index is 13.0. The van der Waals surface area contributed by atoms with Crippen LogP contribution in [-0.2, 0) is 0 Å². The molecule has 2 aromatic heterocycles. The van der Waals surface area contributed by atoms with Gasteiger partial charge in [0.25, 0.3) is 5.91 Å². The van der Waals surface area contributed by atoms with E-state index in [0.717, 1.165) is 21.9 Å². The summed E-state index contributed by atoms with van der Waals surface area (Å²) in [5, 5.41) is 4.59. The van der Waals surface area contributed by atoms with Crippen LogP contribution in [0.25, 0.3) is 21.9 Å². The fourth-order valence-electron chi connectivity index (χ4n) is 2.79. The average molecular weight is 358 g/mol. The third kappa shape index (κ3) is 3.59. The van der Waals surface area contributed by atoms with Gasteiger partial charge >= 0.3 is 0 Å². The number of carbonyl (C=O) groups is 1. The molecule has 4 rings (SSSR count). The van der Waals surface area contributed by atoms with E-state index in [-0.39, 0.29) is 11.7 Å². The minimum Gasteiger partial charge on any atom is -0.397 e. The summed E-state index contributed by atoms with van der Waals surface area (Å²) < 4.78 is 13.0. The summed E-state index contributed by atoms with van der Waals surface area (Å²) in [4.78, 5) is 20.7. The number of aromatic nitrogens is 2. The molecule has 2 heterocycles. The Kier molecular flexibility index (Phi) is 4.22. The molecule has 0 bridgehead atoms. The van der Waals surface area contributed by atoms with Gasteiger partial charge < -0.3 is 11.1 Å². The van der Waals surface area contributed by atoms with Crippen molar-refractivity contribution in [1.82, 2.24) is 9.97 Å². The first kappa shape index (κ1) is 16.7. The monoisotopic (exact) mass is 358 g/mol. The summed E-state index contributed by atoms with van der Waals surface area (Å²) in [5.74, 6) is -0.323. The molecule has 132 valence electrons. The van der Waals surface area contributed by atoms with Crippen LogP contribution in [0.15, 0.2) is 73.2 Å². The quantitative estimate of drug-likeness (QED) is 0.573. The maximum Gasteiger partial charge on any atom is 0.256 e. The van der Waals surface area contributed by atoms with Crippen molar-refractivity contribution in [2.75, 3.05) is 11.1 Å². The lowest BCUT2D eigenvalue weighted by atomic mass is 10.0. The Hall–Kier alpha value is -3.80. The van der Waals surface area contributed by atoms with Crippen LogP contribution in [0.5, 0.6) is 0 Å². The number of pyridine rings is 2. The highest BCUT2D eigenvalue weighted by Crippen LogP contribution is 2.26. The fourth-order valence-corrected chi connectivity index (χ4v) is 2.79. The van der Waals surface area contributed by atoms with Crippen LogP contribution in [0, 0.1) is 5.82 Å². The normalized spacial score (nSPS) is 10.7. The molecule has 1 amide bonds. The lowest BCUT2D eigenvalue weighted by Gasteiger charge is -2.08. The van der Waals surface area contributed by atoms with E-state index in [1.54, 1.807) is 24.7 Å². The number of hydrogen-bond donors (Lipinski definition) is 2. The minimum atomic E-state index is -0.390. The van der Waals surface area contributed by atoms with Gasteiger partial charge in [-0.3, -0.25) is 9.78 Å². The fraction of sp³-hybridized carbons (Fsp3) is 0. The van der Waals surface area contributed by atoms with E-state index in [1.165, 1.54) is 24.3 Å². The lowest BCUT2D eigenvalue weighted by Crippen LogP contribution is -2.12. The largest absolute Gasteiger partial charge is 0.397 e. The molecule has 0 aliphatic heterocycles. The number of fused-ring (bicyclic) bond motifs is 1. The zero-order valence-corrected chi connectivity index (χ0v) is 14.2. The summed E-state index contributed by atoms with van der Waals surface area (Å²) in [7, 11) is 0. The highest BCUT2D eigenvalue weighted by molar-refractivity contribution is 6.04. The van der Waals surface area contributed by atoms with Crippen LogP contribution < -0.4 is 11.1 Å². The van der Waals surface area contributed by atoms with Crippen molar-refractivity contribution in [2.45, 2.75) is 0 Å². The Bertz CT molecular complexity index is 1140. The Labute approximate surface area is 154 Å². The lowest BCUT2D eigenvalue weighted by molar-refractivity contribution is 0.102. The van der Waals surface area contributed by atoms with Gasteiger partial charge in [-0.15, -0.1) is 0 Å². The molecule has 0 spiro atoms. The Morgan fingerprint density at radius 3 is 2.48 bits per heavy atom. The molecule has 0 saturated carbocycles. The molecule has 4 aromatic rings. The second kappa shape index (κ2) is 6.84. The summed E-state index contributed by atoms with van der Waals surface area (Å²) in [6, 6.07) is 14.9.